The Morgan fingerprint density at radius 2 is 2.00 bits per heavy atom. The highest BCUT2D eigenvalue weighted by molar-refractivity contribution is 5.91. The van der Waals surface area contributed by atoms with Crippen LogP contribution in [-0.2, 0) is 6.54 Å². The summed E-state index contributed by atoms with van der Waals surface area (Å²) in [5, 5.41) is 13.3. The molecule has 0 saturated heterocycles. The van der Waals surface area contributed by atoms with Crippen molar-refractivity contribution in [3.63, 3.8) is 0 Å². The third-order valence-corrected chi connectivity index (χ3v) is 3.31. The second kappa shape index (κ2) is 5.88. The number of anilines is 1. The van der Waals surface area contributed by atoms with Gasteiger partial charge in [-0.2, -0.15) is 5.10 Å². The maximum atomic E-state index is 11.2. The molecule has 106 valence electrons. The molecule has 0 bridgehead atoms. The van der Waals surface area contributed by atoms with Gasteiger partial charge in [0.1, 0.15) is 11.5 Å². The largest absolute Gasteiger partial charge is 0.394 e. The van der Waals surface area contributed by atoms with Gasteiger partial charge in [0.2, 0.25) is 0 Å². The molecule has 0 aliphatic heterocycles. The van der Waals surface area contributed by atoms with Crippen LogP contribution >= 0.6 is 0 Å². The molecule has 2 aromatic rings. The number of nitrogens with two attached hydrogens (primary N) is 1. The molecule has 0 radical (unpaired) electrons. The fourth-order valence-corrected chi connectivity index (χ4v) is 2.11. The highest BCUT2D eigenvalue weighted by atomic mass is 16.3. The summed E-state index contributed by atoms with van der Waals surface area (Å²) >= 11 is 0. The van der Waals surface area contributed by atoms with Crippen LogP contribution in [0.1, 0.15) is 35.7 Å². The lowest BCUT2D eigenvalue weighted by Crippen LogP contribution is -2.08. The number of hydrogen-bond acceptors (Lipinski definition) is 4. The van der Waals surface area contributed by atoms with Crippen molar-refractivity contribution < 1.29 is 9.90 Å². The van der Waals surface area contributed by atoms with Crippen molar-refractivity contribution in [1.29, 1.82) is 0 Å². The second-order valence-corrected chi connectivity index (χ2v) is 4.99. The molecule has 0 saturated carbocycles. The van der Waals surface area contributed by atoms with Crippen LogP contribution in [0, 0.1) is 0 Å². The van der Waals surface area contributed by atoms with Gasteiger partial charge in [-0.05, 0) is 11.5 Å². The highest BCUT2D eigenvalue weighted by Gasteiger charge is 2.16. The van der Waals surface area contributed by atoms with Gasteiger partial charge in [-0.15, -0.1) is 0 Å². The zero-order valence-corrected chi connectivity index (χ0v) is 11.7. The summed E-state index contributed by atoms with van der Waals surface area (Å²) in [6, 6.07) is 7.92. The normalized spacial score (nSPS) is 11.0. The van der Waals surface area contributed by atoms with Crippen LogP contribution < -0.4 is 5.73 Å². The average Bonchev–Trinajstić information content (AvgIpc) is 2.76. The van der Waals surface area contributed by atoms with Crippen molar-refractivity contribution >= 4 is 12.1 Å². The van der Waals surface area contributed by atoms with E-state index in [-0.39, 0.29) is 19.0 Å². The van der Waals surface area contributed by atoms with Gasteiger partial charge in [-0.3, -0.25) is 4.79 Å². The molecule has 0 atom stereocenters. The van der Waals surface area contributed by atoms with Crippen LogP contribution in [0.3, 0.4) is 0 Å². The Hall–Kier alpha value is -2.14. The van der Waals surface area contributed by atoms with E-state index in [1.54, 1.807) is 0 Å². The number of aliphatic hydroxyl groups is 1. The first-order valence-corrected chi connectivity index (χ1v) is 6.61. The zero-order chi connectivity index (χ0) is 14.7. The molecule has 2 rings (SSSR count). The van der Waals surface area contributed by atoms with E-state index < -0.39 is 0 Å². The number of benzene rings is 1. The third-order valence-electron chi connectivity index (χ3n) is 3.31. The molecule has 0 aliphatic carbocycles. The van der Waals surface area contributed by atoms with Gasteiger partial charge >= 0.3 is 0 Å². The topological polar surface area (TPSA) is 81.1 Å². The van der Waals surface area contributed by atoms with Crippen molar-refractivity contribution in [2.75, 3.05) is 12.3 Å². The van der Waals surface area contributed by atoms with Gasteiger partial charge in [0, 0.05) is 5.56 Å². The monoisotopic (exact) mass is 273 g/mol. The first-order chi connectivity index (χ1) is 9.58. The van der Waals surface area contributed by atoms with Crippen LogP contribution in [0.25, 0.3) is 11.3 Å². The standard InChI is InChI=1S/C15H19N3O2/c1-10(2)11-3-5-12(6-4-11)14-13(9-20)15(16)18(17-14)7-8-19/h3-6,9-10,19H,7-8,16H2,1-2H3. The summed E-state index contributed by atoms with van der Waals surface area (Å²) in [6.45, 7) is 4.45. The lowest BCUT2D eigenvalue weighted by Gasteiger charge is -2.05. The van der Waals surface area contributed by atoms with Crippen molar-refractivity contribution in [3.05, 3.63) is 35.4 Å². The van der Waals surface area contributed by atoms with Crippen molar-refractivity contribution in [2.45, 2.75) is 26.3 Å². The van der Waals surface area contributed by atoms with Crippen LogP contribution in [-0.4, -0.2) is 27.8 Å². The van der Waals surface area contributed by atoms with E-state index in [2.05, 4.69) is 18.9 Å². The number of nitrogens with zero attached hydrogens (tertiary/aromatic N) is 2. The summed E-state index contributed by atoms with van der Waals surface area (Å²) < 4.78 is 1.45. The number of hydrogen-bond donors (Lipinski definition) is 2. The molecular formula is C15H19N3O2. The molecule has 0 aliphatic rings. The number of aldehydes is 1. The summed E-state index contributed by atoms with van der Waals surface area (Å²) in [4.78, 5) is 11.2. The number of aliphatic hydroxyl groups excluding tert-OH is 1. The van der Waals surface area contributed by atoms with Crippen molar-refractivity contribution in [2.24, 2.45) is 0 Å². The molecule has 0 unspecified atom stereocenters. The Balaban J connectivity index is 2.46. The van der Waals surface area contributed by atoms with E-state index >= 15 is 0 Å². The number of carbonyl (C=O) groups excluding carboxylic acids is 1. The second-order valence-electron chi connectivity index (χ2n) is 4.99. The molecule has 1 heterocycles. The van der Waals surface area contributed by atoms with Gasteiger partial charge in [-0.25, -0.2) is 4.68 Å². The summed E-state index contributed by atoms with van der Waals surface area (Å²) in [7, 11) is 0. The molecular weight excluding hydrogens is 254 g/mol. The fraction of sp³-hybridized carbons (Fsp3) is 0.333. The number of rotatable bonds is 5. The number of carbonyl (C=O) groups is 1. The maximum absolute atomic E-state index is 11.2. The third kappa shape index (κ3) is 2.58. The summed E-state index contributed by atoms with van der Waals surface area (Å²) in [5.41, 5.74) is 8.88. The van der Waals surface area contributed by atoms with Crippen LogP contribution in [0.5, 0.6) is 0 Å². The molecule has 20 heavy (non-hydrogen) atoms. The number of aromatic nitrogens is 2. The minimum Gasteiger partial charge on any atom is -0.394 e. The molecule has 0 spiro atoms. The first-order valence-electron chi connectivity index (χ1n) is 6.61. The maximum Gasteiger partial charge on any atom is 0.156 e. The predicted octanol–water partition coefficient (Wildman–Crippen LogP) is 2.06. The van der Waals surface area contributed by atoms with E-state index in [0.717, 1.165) is 5.56 Å². The molecule has 0 amide bonds. The quantitative estimate of drug-likeness (QED) is 0.817. The Kier molecular flexibility index (Phi) is 4.20. The van der Waals surface area contributed by atoms with Gasteiger partial charge in [0.25, 0.3) is 0 Å². The molecule has 5 heteroatoms. The molecule has 0 fully saturated rings. The Morgan fingerprint density at radius 3 is 2.50 bits per heavy atom. The predicted molar refractivity (Wildman–Crippen MR) is 78.6 cm³/mol. The van der Waals surface area contributed by atoms with Gasteiger partial charge in [-0.1, -0.05) is 38.1 Å². The minimum absolute atomic E-state index is 0.0735. The summed E-state index contributed by atoms with van der Waals surface area (Å²) in [5.74, 6) is 0.739. The SMILES string of the molecule is CC(C)c1ccc(-c2nn(CCO)c(N)c2C=O)cc1. The van der Waals surface area contributed by atoms with Gasteiger partial charge in [0.05, 0.1) is 18.7 Å². The van der Waals surface area contributed by atoms with Crippen molar-refractivity contribution in [1.82, 2.24) is 9.78 Å². The first kappa shape index (κ1) is 14.3. The molecule has 1 aromatic heterocycles. The Bertz CT molecular complexity index is 600. The van der Waals surface area contributed by atoms with E-state index in [9.17, 15) is 4.79 Å². The molecule has 5 nitrogen and oxygen atoms in total. The van der Waals surface area contributed by atoms with E-state index in [1.165, 1.54) is 10.2 Å². The lowest BCUT2D eigenvalue weighted by molar-refractivity contribution is 0.112. The lowest BCUT2D eigenvalue weighted by atomic mass is 10.00. The summed E-state index contributed by atoms with van der Waals surface area (Å²) in [6.07, 6.45) is 0.710. The van der Waals surface area contributed by atoms with E-state index in [4.69, 9.17) is 10.8 Å². The van der Waals surface area contributed by atoms with Crippen LogP contribution in [0.15, 0.2) is 24.3 Å². The fourth-order valence-electron chi connectivity index (χ4n) is 2.11. The smallest absolute Gasteiger partial charge is 0.156 e. The van der Waals surface area contributed by atoms with E-state index in [0.29, 0.717) is 23.5 Å². The average molecular weight is 273 g/mol. The highest BCUT2D eigenvalue weighted by Crippen LogP contribution is 2.27. The molecule has 1 aromatic carbocycles. The van der Waals surface area contributed by atoms with Crippen LogP contribution in [0.4, 0.5) is 5.82 Å². The Morgan fingerprint density at radius 1 is 1.35 bits per heavy atom. The van der Waals surface area contributed by atoms with Crippen LogP contribution in [0.2, 0.25) is 0 Å². The van der Waals surface area contributed by atoms with Crippen molar-refractivity contribution in [3.8, 4) is 11.3 Å². The molecule has 3 N–H and O–H groups in total. The van der Waals surface area contributed by atoms with E-state index in [1.807, 2.05) is 24.3 Å². The number of nitrogen functional groups attached to an aromatic ring is 1. The Labute approximate surface area is 118 Å². The van der Waals surface area contributed by atoms with Gasteiger partial charge in [0.15, 0.2) is 6.29 Å². The minimum atomic E-state index is -0.0735. The van der Waals surface area contributed by atoms with Gasteiger partial charge < -0.3 is 10.8 Å². The zero-order valence-electron chi connectivity index (χ0n) is 11.7.